The maximum atomic E-state index is 12.2. The van der Waals surface area contributed by atoms with Gasteiger partial charge in [-0.1, -0.05) is 6.92 Å². The Morgan fingerprint density at radius 2 is 1.72 bits per heavy atom. The Kier molecular flexibility index (Phi) is 6.45. The second kappa shape index (κ2) is 8.77. The number of carbonyl (C=O) groups is 2. The molecule has 1 amide bonds. The predicted octanol–water partition coefficient (Wildman–Crippen LogP) is 3.12. The maximum absolute atomic E-state index is 12.2. The summed E-state index contributed by atoms with van der Waals surface area (Å²) < 4.78 is 4.92. The molecule has 1 atom stereocenters. The quantitative estimate of drug-likeness (QED) is 0.751. The molecule has 0 aliphatic heterocycles. The zero-order chi connectivity index (χ0) is 18.2. The van der Waals surface area contributed by atoms with Crippen molar-refractivity contribution >= 4 is 23.5 Å². The Labute approximate surface area is 146 Å². The minimum atomic E-state index is -0.391. The number of amides is 1. The molecule has 2 aromatic rings. The Morgan fingerprint density at radius 1 is 1.08 bits per heavy atom. The van der Waals surface area contributed by atoms with Crippen molar-refractivity contribution < 1.29 is 14.3 Å². The van der Waals surface area contributed by atoms with Gasteiger partial charge in [-0.05, 0) is 44.5 Å². The summed E-state index contributed by atoms with van der Waals surface area (Å²) in [4.78, 5) is 32.1. The van der Waals surface area contributed by atoms with Gasteiger partial charge in [0.15, 0.2) is 0 Å². The fraction of sp³-hybridized carbons (Fsp3) is 0.333. The highest BCUT2D eigenvalue weighted by molar-refractivity contribution is 6.04. The van der Waals surface area contributed by atoms with Crippen molar-refractivity contribution in [1.82, 2.24) is 9.97 Å². The van der Waals surface area contributed by atoms with Crippen LogP contribution in [0.15, 0.2) is 36.7 Å². The summed E-state index contributed by atoms with van der Waals surface area (Å²) in [6.45, 7) is 6.16. The van der Waals surface area contributed by atoms with E-state index >= 15 is 0 Å². The predicted molar refractivity (Wildman–Crippen MR) is 95.8 cm³/mol. The minimum Gasteiger partial charge on any atom is -0.462 e. The van der Waals surface area contributed by atoms with Crippen molar-refractivity contribution in [2.24, 2.45) is 0 Å². The number of carbonyl (C=O) groups excluding carboxylic acids is 2. The first-order chi connectivity index (χ1) is 12.0. The summed E-state index contributed by atoms with van der Waals surface area (Å²) in [7, 11) is 0. The van der Waals surface area contributed by atoms with Gasteiger partial charge in [0.2, 0.25) is 5.95 Å². The first kappa shape index (κ1) is 18.4. The monoisotopic (exact) mass is 342 g/mol. The third-order valence-electron chi connectivity index (χ3n) is 3.56. The van der Waals surface area contributed by atoms with Crippen molar-refractivity contribution in [3.63, 3.8) is 0 Å². The largest absolute Gasteiger partial charge is 0.462 e. The molecule has 1 heterocycles. The van der Waals surface area contributed by atoms with Crippen LogP contribution in [0.25, 0.3) is 0 Å². The van der Waals surface area contributed by atoms with E-state index in [9.17, 15) is 9.59 Å². The van der Waals surface area contributed by atoms with Crippen LogP contribution in [0.4, 0.5) is 11.6 Å². The van der Waals surface area contributed by atoms with Crippen LogP contribution >= 0.6 is 0 Å². The highest BCUT2D eigenvalue weighted by Crippen LogP contribution is 2.12. The smallest absolute Gasteiger partial charge is 0.338 e. The average molecular weight is 342 g/mol. The number of rotatable bonds is 7. The van der Waals surface area contributed by atoms with Gasteiger partial charge in [0.05, 0.1) is 17.7 Å². The Bertz CT molecular complexity index is 714. The Morgan fingerprint density at radius 3 is 2.28 bits per heavy atom. The van der Waals surface area contributed by atoms with Crippen LogP contribution in [-0.2, 0) is 4.74 Å². The standard InChI is InChI=1S/C18H22N4O3/c1-4-12(3)21-18-19-10-14(11-20-18)16(23)22-15-8-6-13(7-9-15)17(24)25-5-2/h6-12H,4-5H2,1-3H3,(H,22,23)(H,19,20,21). The lowest BCUT2D eigenvalue weighted by Gasteiger charge is -2.11. The van der Waals surface area contributed by atoms with Gasteiger partial charge in [0, 0.05) is 24.1 Å². The molecule has 7 heteroatoms. The van der Waals surface area contributed by atoms with Gasteiger partial charge in [-0.15, -0.1) is 0 Å². The molecule has 132 valence electrons. The van der Waals surface area contributed by atoms with Gasteiger partial charge in [0.25, 0.3) is 5.91 Å². The number of aromatic nitrogens is 2. The summed E-state index contributed by atoms with van der Waals surface area (Å²) in [6, 6.07) is 6.75. The van der Waals surface area contributed by atoms with Crippen LogP contribution in [0, 0.1) is 0 Å². The summed E-state index contributed by atoms with van der Waals surface area (Å²) >= 11 is 0. The highest BCUT2D eigenvalue weighted by Gasteiger charge is 2.10. The molecule has 0 bridgehead atoms. The lowest BCUT2D eigenvalue weighted by atomic mass is 10.2. The molecule has 2 rings (SSSR count). The molecule has 2 N–H and O–H groups in total. The van der Waals surface area contributed by atoms with Crippen molar-refractivity contribution in [1.29, 1.82) is 0 Å². The molecule has 0 saturated heterocycles. The third kappa shape index (κ3) is 5.27. The molecule has 0 aliphatic rings. The molecule has 0 spiro atoms. The lowest BCUT2D eigenvalue weighted by Crippen LogP contribution is -2.17. The van der Waals surface area contributed by atoms with E-state index in [-0.39, 0.29) is 11.9 Å². The van der Waals surface area contributed by atoms with E-state index in [2.05, 4.69) is 27.5 Å². The number of hydrogen-bond acceptors (Lipinski definition) is 6. The van der Waals surface area contributed by atoms with E-state index in [1.165, 1.54) is 12.4 Å². The molecule has 7 nitrogen and oxygen atoms in total. The van der Waals surface area contributed by atoms with Crippen molar-refractivity contribution in [3.8, 4) is 0 Å². The third-order valence-corrected chi connectivity index (χ3v) is 3.56. The van der Waals surface area contributed by atoms with Gasteiger partial charge < -0.3 is 15.4 Å². The van der Waals surface area contributed by atoms with Gasteiger partial charge in [0.1, 0.15) is 0 Å². The summed E-state index contributed by atoms with van der Waals surface area (Å²) in [6.07, 6.45) is 3.90. The summed E-state index contributed by atoms with van der Waals surface area (Å²) in [5, 5.41) is 5.87. The SMILES string of the molecule is CCOC(=O)c1ccc(NC(=O)c2cnc(NC(C)CC)nc2)cc1. The fourth-order valence-corrected chi connectivity index (χ4v) is 1.95. The van der Waals surface area contributed by atoms with Crippen LogP contribution < -0.4 is 10.6 Å². The van der Waals surface area contributed by atoms with E-state index in [1.807, 2.05) is 6.92 Å². The van der Waals surface area contributed by atoms with Crippen molar-refractivity contribution in [3.05, 3.63) is 47.8 Å². The normalized spacial score (nSPS) is 11.5. The molecule has 0 fully saturated rings. The summed E-state index contributed by atoms with van der Waals surface area (Å²) in [5.74, 6) is -0.221. The Balaban J connectivity index is 1.98. The second-order valence-electron chi connectivity index (χ2n) is 5.50. The van der Waals surface area contributed by atoms with E-state index in [0.717, 1.165) is 6.42 Å². The highest BCUT2D eigenvalue weighted by atomic mass is 16.5. The van der Waals surface area contributed by atoms with E-state index < -0.39 is 5.97 Å². The molecule has 1 unspecified atom stereocenters. The zero-order valence-electron chi connectivity index (χ0n) is 14.6. The second-order valence-corrected chi connectivity index (χ2v) is 5.50. The number of benzene rings is 1. The van der Waals surface area contributed by atoms with E-state index in [1.54, 1.807) is 31.2 Å². The number of nitrogens with one attached hydrogen (secondary N) is 2. The number of anilines is 2. The van der Waals surface area contributed by atoms with Crippen LogP contribution in [0.3, 0.4) is 0 Å². The number of nitrogens with zero attached hydrogens (tertiary/aromatic N) is 2. The van der Waals surface area contributed by atoms with Crippen LogP contribution in [0.2, 0.25) is 0 Å². The van der Waals surface area contributed by atoms with Gasteiger partial charge in [-0.2, -0.15) is 0 Å². The zero-order valence-corrected chi connectivity index (χ0v) is 14.6. The van der Waals surface area contributed by atoms with Gasteiger partial charge in [-0.25, -0.2) is 14.8 Å². The molecule has 1 aromatic carbocycles. The first-order valence-electron chi connectivity index (χ1n) is 8.20. The number of hydrogen-bond donors (Lipinski definition) is 2. The molecule has 0 saturated carbocycles. The van der Waals surface area contributed by atoms with Crippen LogP contribution in [0.5, 0.6) is 0 Å². The lowest BCUT2D eigenvalue weighted by molar-refractivity contribution is 0.0526. The Hall–Kier alpha value is -2.96. The molecular weight excluding hydrogens is 320 g/mol. The minimum absolute atomic E-state index is 0.262. The maximum Gasteiger partial charge on any atom is 0.338 e. The number of esters is 1. The van der Waals surface area contributed by atoms with E-state index in [0.29, 0.717) is 29.4 Å². The number of ether oxygens (including phenoxy) is 1. The fourth-order valence-electron chi connectivity index (χ4n) is 1.95. The first-order valence-corrected chi connectivity index (χ1v) is 8.20. The van der Waals surface area contributed by atoms with Gasteiger partial charge in [-0.3, -0.25) is 4.79 Å². The average Bonchev–Trinajstić information content (AvgIpc) is 2.63. The topological polar surface area (TPSA) is 93.2 Å². The molecule has 0 aliphatic carbocycles. The molecule has 1 aromatic heterocycles. The molecular formula is C18H22N4O3. The van der Waals surface area contributed by atoms with Crippen LogP contribution in [-0.4, -0.2) is 34.5 Å². The van der Waals surface area contributed by atoms with Crippen molar-refractivity contribution in [2.75, 3.05) is 17.2 Å². The molecule has 25 heavy (non-hydrogen) atoms. The van der Waals surface area contributed by atoms with Crippen molar-refractivity contribution in [2.45, 2.75) is 33.2 Å². The summed E-state index contributed by atoms with van der Waals surface area (Å²) in [5.41, 5.74) is 1.35. The molecule has 0 radical (unpaired) electrons. The van der Waals surface area contributed by atoms with E-state index in [4.69, 9.17) is 4.74 Å². The van der Waals surface area contributed by atoms with Gasteiger partial charge >= 0.3 is 5.97 Å². The van der Waals surface area contributed by atoms with Crippen LogP contribution in [0.1, 0.15) is 47.9 Å².